The summed E-state index contributed by atoms with van der Waals surface area (Å²) in [6.07, 6.45) is 4.56. The molecule has 1 aromatic rings. The van der Waals surface area contributed by atoms with E-state index in [0.717, 1.165) is 31.2 Å². The molecule has 3 heteroatoms. The standard InChI is InChI=1S/C18H23NO2/c1-17(2)8-10-18(11-9-17)12-14(20)19-16(21)15(18)13-6-4-3-5-7-13/h3-7,15H,8-12H2,1-2H3,(H,19,20,21). The molecule has 1 N–H and O–H groups in total. The molecule has 3 nitrogen and oxygen atoms in total. The molecular formula is C18H23NO2. The number of hydrogen-bond acceptors (Lipinski definition) is 2. The van der Waals surface area contributed by atoms with E-state index in [4.69, 9.17) is 0 Å². The van der Waals surface area contributed by atoms with Gasteiger partial charge in [0.1, 0.15) is 0 Å². The third kappa shape index (κ3) is 2.61. The quantitative estimate of drug-likeness (QED) is 0.804. The highest BCUT2D eigenvalue weighted by atomic mass is 16.2. The molecule has 21 heavy (non-hydrogen) atoms. The van der Waals surface area contributed by atoms with Gasteiger partial charge in [-0.1, -0.05) is 44.2 Å². The molecule has 112 valence electrons. The highest BCUT2D eigenvalue weighted by Gasteiger charge is 2.51. The molecule has 1 aliphatic heterocycles. The van der Waals surface area contributed by atoms with Crippen molar-refractivity contribution in [2.45, 2.75) is 51.9 Å². The fourth-order valence-electron chi connectivity index (χ4n) is 3.99. The summed E-state index contributed by atoms with van der Waals surface area (Å²) in [5.41, 5.74) is 1.18. The van der Waals surface area contributed by atoms with E-state index in [9.17, 15) is 9.59 Å². The van der Waals surface area contributed by atoms with E-state index in [1.165, 1.54) is 0 Å². The second kappa shape index (κ2) is 4.97. The molecule has 1 saturated heterocycles. The van der Waals surface area contributed by atoms with Gasteiger partial charge in [-0.25, -0.2) is 0 Å². The van der Waals surface area contributed by atoms with Gasteiger partial charge in [-0.15, -0.1) is 0 Å². The summed E-state index contributed by atoms with van der Waals surface area (Å²) >= 11 is 0. The lowest BCUT2D eigenvalue weighted by atomic mass is 9.56. The van der Waals surface area contributed by atoms with Crippen LogP contribution in [0.25, 0.3) is 0 Å². The molecule has 1 heterocycles. The van der Waals surface area contributed by atoms with Crippen LogP contribution >= 0.6 is 0 Å². The Morgan fingerprint density at radius 2 is 1.62 bits per heavy atom. The molecule has 0 aromatic heterocycles. The number of amides is 2. The van der Waals surface area contributed by atoms with E-state index < -0.39 is 0 Å². The Morgan fingerprint density at radius 1 is 1.00 bits per heavy atom. The SMILES string of the molecule is CC1(C)CCC2(CC1)CC(=O)NC(=O)C2c1ccccc1. The maximum atomic E-state index is 12.5. The summed E-state index contributed by atoms with van der Waals surface area (Å²) in [5.74, 6) is -0.406. The van der Waals surface area contributed by atoms with Crippen molar-refractivity contribution < 1.29 is 9.59 Å². The van der Waals surface area contributed by atoms with E-state index in [2.05, 4.69) is 19.2 Å². The van der Waals surface area contributed by atoms with E-state index in [-0.39, 0.29) is 23.1 Å². The Kier molecular flexibility index (Phi) is 3.39. The largest absolute Gasteiger partial charge is 0.296 e. The van der Waals surface area contributed by atoms with Gasteiger partial charge in [0.2, 0.25) is 11.8 Å². The second-order valence-corrected chi connectivity index (χ2v) is 7.46. The zero-order valence-corrected chi connectivity index (χ0v) is 12.8. The number of rotatable bonds is 1. The Morgan fingerprint density at radius 3 is 2.24 bits per heavy atom. The molecule has 1 unspecified atom stereocenters. The number of piperidine rings is 1. The van der Waals surface area contributed by atoms with Gasteiger partial charge in [-0.3, -0.25) is 14.9 Å². The van der Waals surface area contributed by atoms with Crippen LogP contribution in [0.15, 0.2) is 30.3 Å². The number of nitrogens with one attached hydrogen (secondary N) is 1. The maximum Gasteiger partial charge on any atom is 0.234 e. The summed E-state index contributed by atoms with van der Waals surface area (Å²) in [6, 6.07) is 9.94. The first-order valence-corrected chi connectivity index (χ1v) is 7.81. The molecule has 0 bridgehead atoms. The summed E-state index contributed by atoms with van der Waals surface area (Å²) in [5, 5.41) is 2.54. The number of carbonyl (C=O) groups is 2. The van der Waals surface area contributed by atoms with Gasteiger partial charge in [-0.05, 0) is 42.1 Å². The van der Waals surface area contributed by atoms with Crippen molar-refractivity contribution in [1.29, 1.82) is 0 Å². The van der Waals surface area contributed by atoms with Crippen LogP contribution in [0.5, 0.6) is 0 Å². The third-order valence-electron chi connectivity index (χ3n) is 5.38. The smallest absolute Gasteiger partial charge is 0.234 e. The van der Waals surface area contributed by atoms with Gasteiger partial charge in [-0.2, -0.15) is 0 Å². The zero-order valence-electron chi connectivity index (χ0n) is 12.8. The van der Waals surface area contributed by atoms with E-state index in [0.29, 0.717) is 11.8 Å². The van der Waals surface area contributed by atoms with Gasteiger partial charge < -0.3 is 0 Å². The van der Waals surface area contributed by atoms with Crippen molar-refractivity contribution in [3.05, 3.63) is 35.9 Å². The maximum absolute atomic E-state index is 12.5. The second-order valence-electron chi connectivity index (χ2n) is 7.46. The first-order valence-electron chi connectivity index (χ1n) is 7.81. The fraction of sp³-hybridized carbons (Fsp3) is 0.556. The molecule has 1 saturated carbocycles. The highest BCUT2D eigenvalue weighted by Crippen LogP contribution is 2.55. The van der Waals surface area contributed by atoms with Crippen LogP contribution < -0.4 is 5.32 Å². The van der Waals surface area contributed by atoms with Crippen LogP contribution in [-0.2, 0) is 9.59 Å². The van der Waals surface area contributed by atoms with Gasteiger partial charge >= 0.3 is 0 Å². The van der Waals surface area contributed by atoms with Crippen molar-refractivity contribution in [1.82, 2.24) is 5.32 Å². The van der Waals surface area contributed by atoms with Crippen LogP contribution in [0.1, 0.15) is 57.4 Å². The third-order valence-corrected chi connectivity index (χ3v) is 5.38. The average molecular weight is 285 g/mol. The van der Waals surface area contributed by atoms with Gasteiger partial charge in [0.25, 0.3) is 0 Å². The highest BCUT2D eigenvalue weighted by molar-refractivity contribution is 6.02. The molecule has 2 aliphatic rings. The van der Waals surface area contributed by atoms with Gasteiger partial charge in [0.05, 0.1) is 5.92 Å². The fourth-order valence-corrected chi connectivity index (χ4v) is 3.99. The Hall–Kier alpha value is -1.64. The van der Waals surface area contributed by atoms with E-state index in [1.54, 1.807) is 0 Å². The first-order chi connectivity index (χ1) is 9.92. The van der Waals surface area contributed by atoms with Crippen LogP contribution in [0.3, 0.4) is 0 Å². The van der Waals surface area contributed by atoms with Crippen LogP contribution in [0.2, 0.25) is 0 Å². The summed E-state index contributed by atoms with van der Waals surface area (Å²) in [4.78, 5) is 24.5. The summed E-state index contributed by atoms with van der Waals surface area (Å²) in [6.45, 7) is 4.56. The average Bonchev–Trinajstić information content (AvgIpc) is 2.43. The van der Waals surface area contributed by atoms with Crippen LogP contribution in [0.4, 0.5) is 0 Å². The predicted octanol–water partition coefficient (Wildman–Crippen LogP) is 3.40. The lowest BCUT2D eigenvalue weighted by Gasteiger charge is -2.49. The number of benzene rings is 1. The van der Waals surface area contributed by atoms with Gasteiger partial charge in [0, 0.05) is 6.42 Å². The molecule has 1 spiro atoms. The first kappa shape index (κ1) is 14.3. The topological polar surface area (TPSA) is 46.2 Å². The minimum atomic E-state index is -0.188. The van der Waals surface area contributed by atoms with Crippen LogP contribution in [0, 0.1) is 10.8 Å². The molecule has 1 atom stereocenters. The van der Waals surface area contributed by atoms with Crippen LogP contribution in [-0.4, -0.2) is 11.8 Å². The number of hydrogen-bond donors (Lipinski definition) is 1. The van der Waals surface area contributed by atoms with E-state index in [1.807, 2.05) is 30.3 Å². The lowest BCUT2D eigenvalue weighted by Crippen LogP contribution is -2.52. The Balaban J connectivity index is 1.98. The number of carbonyl (C=O) groups excluding carboxylic acids is 2. The monoisotopic (exact) mass is 285 g/mol. The molecule has 0 radical (unpaired) electrons. The normalized spacial score (nSPS) is 27.4. The Labute approximate surface area is 126 Å². The summed E-state index contributed by atoms with van der Waals surface area (Å²) < 4.78 is 0. The van der Waals surface area contributed by atoms with Gasteiger partial charge in [0.15, 0.2) is 0 Å². The minimum Gasteiger partial charge on any atom is -0.296 e. The Bertz CT molecular complexity index is 552. The lowest BCUT2D eigenvalue weighted by molar-refractivity contribution is -0.142. The van der Waals surface area contributed by atoms with Crippen molar-refractivity contribution >= 4 is 11.8 Å². The molecule has 2 amide bonds. The van der Waals surface area contributed by atoms with Crippen molar-refractivity contribution in [2.24, 2.45) is 10.8 Å². The summed E-state index contributed by atoms with van der Waals surface area (Å²) in [7, 11) is 0. The molecular weight excluding hydrogens is 262 g/mol. The van der Waals surface area contributed by atoms with Crippen molar-refractivity contribution in [2.75, 3.05) is 0 Å². The zero-order chi connectivity index (χ0) is 15.1. The minimum absolute atomic E-state index is 0.105. The molecule has 3 rings (SSSR count). The molecule has 1 aliphatic carbocycles. The predicted molar refractivity (Wildman–Crippen MR) is 81.6 cm³/mol. The van der Waals surface area contributed by atoms with Crippen molar-refractivity contribution in [3.8, 4) is 0 Å². The number of imide groups is 1. The van der Waals surface area contributed by atoms with Crippen molar-refractivity contribution in [3.63, 3.8) is 0 Å². The molecule has 1 aromatic carbocycles. The van der Waals surface area contributed by atoms with E-state index >= 15 is 0 Å². The molecule has 2 fully saturated rings.